The molecule has 20 heavy (non-hydrogen) atoms. The van der Waals surface area contributed by atoms with Gasteiger partial charge in [-0.25, -0.2) is 0 Å². The summed E-state index contributed by atoms with van der Waals surface area (Å²) in [6, 6.07) is 0.282. The van der Waals surface area contributed by atoms with Crippen molar-refractivity contribution in [1.82, 2.24) is 4.90 Å². The lowest BCUT2D eigenvalue weighted by atomic mass is 9.93. The highest BCUT2D eigenvalue weighted by molar-refractivity contribution is 7.10. The van der Waals surface area contributed by atoms with Crippen molar-refractivity contribution in [3.05, 3.63) is 21.4 Å². The maximum absolute atomic E-state index is 12.9. The number of rotatable bonds is 2. The number of likely N-dealkylation sites (tertiary alicyclic amines) is 1. The van der Waals surface area contributed by atoms with E-state index in [1.807, 2.05) is 11.8 Å². The van der Waals surface area contributed by atoms with Gasteiger partial charge in [0, 0.05) is 28.9 Å². The molecule has 2 aliphatic rings. The largest absolute Gasteiger partial charge is 0.334 e. The Morgan fingerprint density at radius 3 is 2.95 bits per heavy atom. The molecule has 1 aromatic rings. The van der Waals surface area contributed by atoms with E-state index in [9.17, 15) is 4.79 Å². The maximum atomic E-state index is 12.9. The minimum Gasteiger partial charge on any atom is -0.334 e. The summed E-state index contributed by atoms with van der Waals surface area (Å²) in [7, 11) is 0. The standard InChI is InChI=1S/C16H24N2OS/c1-11(17)14-7-4-5-9-18(14)16(19)13-10-20-15-8-3-2-6-12(13)15/h10-11,14H,2-9,17H2,1H3. The number of nitrogens with zero attached hydrogens (tertiary/aromatic N) is 1. The SMILES string of the molecule is CC(N)C1CCCCN1C(=O)c1csc2c1CCCC2. The molecule has 0 aromatic carbocycles. The van der Waals surface area contributed by atoms with Crippen LogP contribution >= 0.6 is 11.3 Å². The molecular weight excluding hydrogens is 268 g/mol. The van der Waals surface area contributed by atoms with Crippen molar-refractivity contribution in [2.45, 2.75) is 64.0 Å². The molecule has 3 nitrogen and oxygen atoms in total. The fourth-order valence-corrected chi connectivity index (χ4v) is 4.70. The lowest BCUT2D eigenvalue weighted by Gasteiger charge is -2.38. The lowest BCUT2D eigenvalue weighted by molar-refractivity contribution is 0.0583. The minimum absolute atomic E-state index is 0.0636. The van der Waals surface area contributed by atoms with Gasteiger partial charge in [-0.1, -0.05) is 0 Å². The molecule has 0 bridgehead atoms. The van der Waals surface area contributed by atoms with Crippen LogP contribution in [0.1, 0.15) is 59.8 Å². The average molecular weight is 292 g/mol. The molecule has 2 heterocycles. The first kappa shape index (κ1) is 14.1. The van der Waals surface area contributed by atoms with Gasteiger partial charge in [0.05, 0.1) is 5.56 Å². The van der Waals surface area contributed by atoms with Gasteiger partial charge in [0.25, 0.3) is 5.91 Å². The Morgan fingerprint density at radius 1 is 1.35 bits per heavy atom. The fourth-order valence-electron chi connectivity index (χ4n) is 3.58. The van der Waals surface area contributed by atoms with Crippen molar-refractivity contribution >= 4 is 17.2 Å². The number of aryl methyl sites for hydroxylation is 1. The van der Waals surface area contributed by atoms with Crippen LogP contribution < -0.4 is 5.73 Å². The summed E-state index contributed by atoms with van der Waals surface area (Å²) in [5.74, 6) is 0.228. The smallest absolute Gasteiger partial charge is 0.255 e. The Morgan fingerprint density at radius 2 is 2.15 bits per heavy atom. The number of nitrogens with two attached hydrogens (primary N) is 1. The number of piperidine rings is 1. The highest BCUT2D eigenvalue weighted by Gasteiger charge is 2.32. The van der Waals surface area contributed by atoms with Crippen LogP contribution in [-0.4, -0.2) is 29.4 Å². The van der Waals surface area contributed by atoms with Gasteiger partial charge in [-0.3, -0.25) is 4.79 Å². The van der Waals surface area contributed by atoms with E-state index < -0.39 is 0 Å². The van der Waals surface area contributed by atoms with E-state index in [0.717, 1.165) is 37.8 Å². The van der Waals surface area contributed by atoms with Crippen LogP contribution in [0.25, 0.3) is 0 Å². The molecule has 1 aromatic heterocycles. The molecule has 2 N–H and O–H groups in total. The molecule has 0 radical (unpaired) electrons. The topological polar surface area (TPSA) is 46.3 Å². The van der Waals surface area contributed by atoms with E-state index in [1.54, 1.807) is 11.3 Å². The second kappa shape index (κ2) is 5.86. The summed E-state index contributed by atoms with van der Waals surface area (Å²) in [4.78, 5) is 16.4. The summed E-state index contributed by atoms with van der Waals surface area (Å²) in [5, 5.41) is 2.09. The van der Waals surface area contributed by atoms with Crippen LogP contribution in [0, 0.1) is 0 Å². The quantitative estimate of drug-likeness (QED) is 0.911. The summed E-state index contributed by atoms with van der Waals surface area (Å²) in [6.45, 7) is 2.90. The molecule has 2 atom stereocenters. The maximum Gasteiger partial charge on any atom is 0.255 e. The third-order valence-corrected chi connectivity index (χ3v) is 5.80. The molecule has 1 amide bonds. The van der Waals surface area contributed by atoms with Crippen molar-refractivity contribution in [1.29, 1.82) is 0 Å². The van der Waals surface area contributed by atoms with E-state index in [2.05, 4.69) is 5.38 Å². The molecule has 3 rings (SSSR count). The Balaban J connectivity index is 1.85. The van der Waals surface area contributed by atoms with Gasteiger partial charge in [0.15, 0.2) is 0 Å². The number of fused-ring (bicyclic) bond motifs is 1. The molecule has 0 saturated carbocycles. The van der Waals surface area contributed by atoms with Gasteiger partial charge < -0.3 is 10.6 Å². The fraction of sp³-hybridized carbons (Fsp3) is 0.688. The van der Waals surface area contributed by atoms with E-state index in [0.29, 0.717) is 0 Å². The van der Waals surface area contributed by atoms with E-state index in [1.165, 1.54) is 29.7 Å². The molecule has 1 saturated heterocycles. The first-order chi connectivity index (χ1) is 9.68. The predicted octanol–water partition coefficient (Wildman–Crippen LogP) is 2.97. The molecule has 4 heteroatoms. The van der Waals surface area contributed by atoms with Crippen LogP contribution in [0.2, 0.25) is 0 Å². The van der Waals surface area contributed by atoms with E-state index in [4.69, 9.17) is 5.73 Å². The number of carbonyl (C=O) groups is 1. The third kappa shape index (κ3) is 2.51. The Kier molecular flexibility index (Phi) is 4.13. The van der Waals surface area contributed by atoms with Crippen molar-refractivity contribution < 1.29 is 4.79 Å². The van der Waals surface area contributed by atoms with Crippen LogP contribution in [-0.2, 0) is 12.8 Å². The zero-order valence-corrected chi connectivity index (χ0v) is 13.0. The highest BCUT2D eigenvalue weighted by Crippen LogP contribution is 2.32. The first-order valence-electron chi connectivity index (χ1n) is 7.84. The van der Waals surface area contributed by atoms with Gasteiger partial charge in [-0.05, 0) is 57.4 Å². The Labute approximate surface area is 125 Å². The van der Waals surface area contributed by atoms with Crippen LogP contribution in [0.4, 0.5) is 0 Å². The summed E-state index contributed by atoms with van der Waals surface area (Å²) < 4.78 is 0. The molecule has 2 unspecified atom stereocenters. The van der Waals surface area contributed by atoms with Gasteiger partial charge in [0.2, 0.25) is 0 Å². The van der Waals surface area contributed by atoms with Gasteiger partial charge in [-0.15, -0.1) is 11.3 Å². The zero-order chi connectivity index (χ0) is 14.1. The molecular formula is C16H24N2OS. The lowest BCUT2D eigenvalue weighted by Crippen LogP contribution is -2.51. The number of amides is 1. The number of hydrogen-bond donors (Lipinski definition) is 1. The number of carbonyl (C=O) groups excluding carboxylic acids is 1. The Hall–Kier alpha value is -0.870. The molecule has 110 valence electrons. The van der Waals surface area contributed by atoms with Crippen LogP contribution in [0.5, 0.6) is 0 Å². The van der Waals surface area contributed by atoms with Gasteiger partial charge in [-0.2, -0.15) is 0 Å². The van der Waals surface area contributed by atoms with Crippen molar-refractivity contribution in [2.75, 3.05) is 6.54 Å². The molecule has 1 aliphatic carbocycles. The molecule has 1 aliphatic heterocycles. The predicted molar refractivity (Wildman–Crippen MR) is 83.3 cm³/mol. The highest BCUT2D eigenvalue weighted by atomic mass is 32.1. The van der Waals surface area contributed by atoms with Gasteiger partial charge in [0.1, 0.15) is 0 Å². The summed E-state index contributed by atoms with van der Waals surface area (Å²) in [5.41, 5.74) is 8.40. The van der Waals surface area contributed by atoms with Crippen LogP contribution in [0.3, 0.4) is 0 Å². The zero-order valence-electron chi connectivity index (χ0n) is 12.2. The van der Waals surface area contributed by atoms with Crippen molar-refractivity contribution in [2.24, 2.45) is 5.73 Å². The van der Waals surface area contributed by atoms with Crippen LogP contribution in [0.15, 0.2) is 5.38 Å². The normalized spacial score (nSPS) is 24.3. The molecule has 1 fully saturated rings. The Bertz CT molecular complexity index is 495. The van der Waals surface area contributed by atoms with Crippen molar-refractivity contribution in [3.8, 4) is 0 Å². The second-order valence-corrected chi connectivity index (χ2v) is 7.14. The van der Waals surface area contributed by atoms with E-state index >= 15 is 0 Å². The van der Waals surface area contributed by atoms with Crippen molar-refractivity contribution in [3.63, 3.8) is 0 Å². The third-order valence-electron chi connectivity index (χ3n) is 4.71. The first-order valence-corrected chi connectivity index (χ1v) is 8.72. The minimum atomic E-state index is 0.0636. The summed E-state index contributed by atoms with van der Waals surface area (Å²) in [6.07, 6.45) is 8.09. The summed E-state index contributed by atoms with van der Waals surface area (Å²) >= 11 is 1.78. The number of thiophene rings is 1. The molecule has 0 spiro atoms. The second-order valence-electron chi connectivity index (χ2n) is 6.18. The average Bonchev–Trinajstić information content (AvgIpc) is 2.90. The van der Waals surface area contributed by atoms with E-state index in [-0.39, 0.29) is 18.0 Å². The van der Waals surface area contributed by atoms with Gasteiger partial charge >= 0.3 is 0 Å². The monoisotopic (exact) mass is 292 g/mol. The number of hydrogen-bond acceptors (Lipinski definition) is 3.